The van der Waals surface area contributed by atoms with Crippen LogP contribution in [-0.4, -0.2) is 67.8 Å². The number of nitrogens with zero attached hydrogens (tertiary/aromatic N) is 2. The molecule has 1 amide bonds. The fourth-order valence-electron chi connectivity index (χ4n) is 4.79. The number of methoxy groups -OCH3 is 1. The van der Waals surface area contributed by atoms with Gasteiger partial charge < -0.3 is 14.4 Å². The fraction of sp³-hybridized carbons (Fsp3) is 0.440. The molecule has 0 unspecified atom stereocenters. The molecule has 1 saturated heterocycles. The lowest BCUT2D eigenvalue weighted by Gasteiger charge is -2.29. The maximum absolute atomic E-state index is 13.0. The van der Waals surface area contributed by atoms with Crippen LogP contribution in [0.15, 0.2) is 48.5 Å². The van der Waals surface area contributed by atoms with Crippen LogP contribution in [0.4, 0.5) is 4.79 Å². The van der Waals surface area contributed by atoms with Crippen LogP contribution in [0.25, 0.3) is 11.1 Å². The molecule has 1 aliphatic heterocycles. The number of carbonyl (C=O) groups is 2. The topological polar surface area (TPSA) is 59.1 Å². The number of hydrogen-bond acceptors (Lipinski definition) is 5. The Morgan fingerprint density at radius 2 is 1.71 bits per heavy atom. The molecule has 2 aromatic carbocycles. The van der Waals surface area contributed by atoms with Crippen LogP contribution in [-0.2, 0) is 14.3 Å². The number of amides is 1. The Labute approximate surface area is 183 Å². The monoisotopic (exact) mass is 422 g/mol. The predicted octanol–water partition coefficient (Wildman–Crippen LogP) is 3.89. The van der Waals surface area contributed by atoms with E-state index in [1.54, 1.807) is 0 Å². The smallest absolute Gasteiger partial charge is 0.410 e. The van der Waals surface area contributed by atoms with Crippen molar-refractivity contribution in [2.45, 2.75) is 31.7 Å². The summed E-state index contributed by atoms with van der Waals surface area (Å²) in [6.45, 7) is 4.64. The van der Waals surface area contributed by atoms with Gasteiger partial charge in [0.1, 0.15) is 6.61 Å². The minimum Gasteiger partial charge on any atom is -0.468 e. The Kier molecular flexibility index (Phi) is 6.56. The molecule has 164 valence electrons. The van der Waals surface area contributed by atoms with E-state index in [2.05, 4.69) is 24.3 Å². The highest BCUT2D eigenvalue weighted by atomic mass is 16.6. The Bertz CT molecular complexity index is 899. The van der Waals surface area contributed by atoms with Crippen molar-refractivity contribution >= 4 is 12.1 Å². The van der Waals surface area contributed by atoms with E-state index in [0.717, 1.165) is 19.4 Å². The standard InChI is InChI=1S/C25H30N2O4/c1-3-26(16-24(28)30-2)15-18-9-8-14-27(18)25(29)31-17-23-21-12-6-4-10-19(21)20-11-5-7-13-22(20)23/h4-7,10-13,18,23H,3,8-9,14-17H2,1-2H3/t18-/m1/s1. The molecule has 6 heteroatoms. The van der Waals surface area contributed by atoms with E-state index in [9.17, 15) is 9.59 Å². The number of esters is 1. The molecule has 0 saturated carbocycles. The lowest BCUT2D eigenvalue weighted by Crippen LogP contribution is -2.45. The average Bonchev–Trinajstić information content (AvgIpc) is 3.39. The van der Waals surface area contributed by atoms with Crippen LogP contribution in [0.5, 0.6) is 0 Å². The van der Waals surface area contributed by atoms with Crippen LogP contribution in [0.3, 0.4) is 0 Å². The van der Waals surface area contributed by atoms with Crippen molar-refractivity contribution in [3.8, 4) is 11.1 Å². The molecule has 0 N–H and O–H groups in total. The Morgan fingerprint density at radius 1 is 1.06 bits per heavy atom. The van der Waals surface area contributed by atoms with Gasteiger partial charge in [0.25, 0.3) is 0 Å². The summed E-state index contributed by atoms with van der Waals surface area (Å²) in [6.07, 6.45) is 1.60. The van der Waals surface area contributed by atoms with E-state index in [-0.39, 0.29) is 30.6 Å². The van der Waals surface area contributed by atoms with E-state index < -0.39 is 0 Å². The normalized spacial score (nSPS) is 17.5. The van der Waals surface area contributed by atoms with Crippen molar-refractivity contribution < 1.29 is 19.1 Å². The lowest BCUT2D eigenvalue weighted by molar-refractivity contribution is -0.142. The fourth-order valence-corrected chi connectivity index (χ4v) is 4.79. The van der Waals surface area contributed by atoms with Gasteiger partial charge in [-0.1, -0.05) is 55.5 Å². The third kappa shape index (κ3) is 4.44. The number of likely N-dealkylation sites (N-methyl/N-ethyl adjacent to an activating group) is 1. The van der Waals surface area contributed by atoms with Gasteiger partial charge in [0.2, 0.25) is 0 Å². The Morgan fingerprint density at radius 3 is 2.32 bits per heavy atom. The molecule has 6 nitrogen and oxygen atoms in total. The van der Waals surface area contributed by atoms with Crippen molar-refractivity contribution in [3.63, 3.8) is 0 Å². The van der Waals surface area contributed by atoms with Crippen LogP contribution >= 0.6 is 0 Å². The maximum Gasteiger partial charge on any atom is 0.410 e. The molecule has 1 atom stereocenters. The van der Waals surface area contributed by atoms with Gasteiger partial charge in [0.15, 0.2) is 0 Å². The number of ether oxygens (including phenoxy) is 2. The second kappa shape index (κ2) is 9.52. The van der Waals surface area contributed by atoms with Crippen LogP contribution in [0, 0.1) is 0 Å². The first kappa shape index (κ1) is 21.4. The molecule has 1 aliphatic carbocycles. The Balaban J connectivity index is 1.41. The maximum atomic E-state index is 13.0. The number of benzene rings is 2. The average molecular weight is 423 g/mol. The second-order valence-corrected chi connectivity index (χ2v) is 8.20. The molecule has 2 aliphatic rings. The molecule has 31 heavy (non-hydrogen) atoms. The van der Waals surface area contributed by atoms with Crippen LogP contribution in [0.2, 0.25) is 0 Å². The number of hydrogen-bond donors (Lipinski definition) is 0. The predicted molar refractivity (Wildman–Crippen MR) is 119 cm³/mol. The van der Waals surface area contributed by atoms with E-state index in [1.807, 2.05) is 41.0 Å². The number of rotatable bonds is 7. The summed E-state index contributed by atoms with van der Waals surface area (Å²) in [5.41, 5.74) is 4.87. The first-order valence-corrected chi connectivity index (χ1v) is 11.0. The molecule has 0 aromatic heterocycles. The third-order valence-electron chi connectivity index (χ3n) is 6.44. The van der Waals surface area contributed by atoms with Gasteiger partial charge in [-0.25, -0.2) is 4.79 Å². The van der Waals surface area contributed by atoms with Gasteiger partial charge >= 0.3 is 12.1 Å². The summed E-state index contributed by atoms with van der Waals surface area (Å²) >= 11 is 0. The van der Waals surface area contributed by atoms with Crippen LogP contribution in [0.1, 0.15) is 36.8 Å². The first-order valence-electron chi connectivity index (χ1n) is 11.0. The van der Waals surface area contributed by atoms with Gasteiger partial charge in [-0.3, -0.25) is 9.69 Å². The molecular formula is C25H30N2O4. The summed E-state index contributed by atoms with van der Waals surface area (Å²) in [4.78, 5) is 28.5. The third-order valence-corrected chi connectivity index (χ3v) is 6.44. The Hall–Kier alpha value is -2.86. The highest BCUT2D eigenvalue weighted by molar-refractivity contribution is 5.79. The van der Waals surface area contributed by atoms with Gasteiger partial charge in [-0.05, 0) is 41.6 Å². The van der Waals surface area contributed by atoms with E-state index in [1.165, 1.54) is 29.4 Å². The number of likely N-dealkylation sites (tertiary alicyclic amines) is 1. The molecular weight excluding hydrogens is 392 g/mol. The molecule has 2 aromatic rings. The summed E-state index contributed by atoms with van der Waals surface area (Å²) in [5, 5.41) is 0. The molecule has 0 bridgehead atoms. The first-order chi connectivity index (χ1) is 15.1. The van der Waals surface area contributed by atoms with Gasteiger partial charge in [-0.2, -0.15) is 0 Å². The van der Waals surface area contributed by atoms with Gasteiger partial charge in [0.05, 0.1) is 13.7 Å². The van der Waals surface area contributed by atoms with Crippen molar-refractivity contribution in [2.24, 2.45) is 0 Å². The van der Waals surface area contributed by atoms with E-state index in [4.69, 9.17) is 9.47 Å². The molecule has 1 heterocycles. The highest BCUT2D eigenvalue weighted by Gasteiger charge is 2.34. The minimum atomic E-state index is -0.265. The van der Waals surface area contributed by atoms with Crippen molar-refractivity contribution in [2.75, 3.05) is 39.9 Å². The van der Waals surface area contributed by atoms with E-state index in [0.29, 0.717) is 19.7 Å². The summed E-state index contributed by atoms with van der Waals surface area (Å²) in [5.74, 6) is -0.198. The zero-order chi connectivity index (χ0) is 21.8. The summed E-state index contributed by atoms with van der Waals surface area (Å²) in [6, 6.07) is 16.7. The minimum absolute atomic E-state index is 0.0558. The summed E-state index contributed by atoms with van der Waals surface area (Å²) < 4.78 is 10.6. The quantitative estimate of drug-likeness (QED) is 0.634. The van der Waals surface area contributed by atoms with Crippen molar-refractivity contribution in [3.05, 3.63) is 59.7 Å². The number of fused-ring (bicyclic) bond motifs is 3. The van der Waals surface area contributed by atoms with Crippen molar-refractivity contribution in [1.82, 2.24) is 9.80 Å². The van der Waals surface area contributed by atoms with Crippen molar-refractivity contribution in [1.29, 1.82) is 0 Å². The zero-order valence-electron chi connectivity index (χ0n) is 18.3. The van der Waals surface area contributed by atoms with Crippen LogP contribution < -0.4 is 0 Å². The lowest BCUT2D eigenvalue weighted by atomic mass is 9.98. The van der Waals surface area contributed by atoms with E-state index >= 15 is 0 Å². The molecule has 0 spiro atoms. The SMILES string of the molecule is CCN(CC(=O)OC)C[C@H]1CCCN1C(=O)OCC1c2ccccc2-c2ccccc21. The molecule has 1 fully saturated rings. The second-order valence-electron chi connectivity index (χ2n) is 8.20. The largest absolute Gasteiger partial charge is 0.468 e. The molecule has 0 radical (unpaired) electrons. The molecule has 4 rings (SSSR count). The van der Waals surface area contributed by atoms with Gasteiger partial charge in [-0.15, -0.1) is 0 Å². The highest BCUT2D eigenvalue weighted by Crippen LogP contribution is 2.44. The number of carbonyl (C=O) groups excluding carboxylic acids is 2. The summed E-state index contributed by atoms with van der Waals surface area (Å²) in [7, 11) is 1.40. The van der Waals surface area contributed by atoms with Gasteiger partial charge in [0, 0.05) is 25.0 Å². The zero-order valence-corrected chi connectivity index (χ0v) is 18.3.